The van der Waals surface area contributed by atoms with Crippen LogP contribution in [0.25, 0.3) is 0 Å². The van der Waals surface area contributed by atoms with E-state index in [0.717, 1.165) is 11.1 Å². The highest BCUT2D eigenvalue weighted by molar-refractivity contribution is 5.93. The molecule has 0 spiro atoms. The SMILES string of the molecule is COc1ccc(NC(=O)COc2cccc(C)c2)c(OC)c1C. The first kappa shape index (κ1) is 16.7. The first-order valence-electron chi connectivity index (χ1n) is 7.26. The molecule has 0 heterocycles. The Morgan fingerprint density at radius 3 is 2.52 bits per heavy atom. The fraction of sp³-hybridized carbons (Fsp3) is 0.278. The number of amides is 1. The topological polar surface area (TPSA) is 56.8 Å². The number of methoxy groups -OCH3 is 2. The van der Waals surface area contributed by atoms with Crippen molar-refractivity contribution in [3.8, 4) is 17.2 Å². The molecule has 23 heavy (non-hydrogen) atoms. The number of ether oxygens (including phenoxy) is 3. The Hall–Kier alpha value is -2.69. The average molecular weight is 315 g/mol. The normalized spacial score (nSPS) is 10.1. The van der Waals surface area contributed by atoms with E-state index in [1.165, 1.54) is 0 Å². The zero-order chi connectivity index (χ0) is 16.8. The second-order valence-electron chi connectivity index (χ2n) is 5.13. The highest BCUT2D eigenvalue weighted by atomic mass is 16.5. The molecule has 0 saturated carbocycles. The molecule has 0 atom stereocenters. The van der Waals surface area contributed by atoms with Crippen LogP contribution in [0, 0.1) is 13.8 Å². The second kappa shape index (κ2) is 7.54. The Morgan fingerprint density at radius 2 is 1.87 bits per heavy atom. The van der Waals surface area contributed by atoms with Crippen LogP contribution in [-0.4, -0.2) is 26.7 Å². The third kappa shape index (κ3) is 4.16. The average Bonchev–Trinajstić information content (AvgIpc) is 2.53. The molecule has 0 radical (unpaired) electrons. The lowest BCUT2D eigenvalue weighted by Crippen LogP contribution is -2.20. The van der Waals surface area contributed by atoms with Crippen molar-refractivity contribution in [3.05, 3.63) is 47.5 Å². The van der Waals surface area contributed by atoms with Gasteiger partial charge in [0, 0.05) is 5.56 Å². The molecular weight excluding hydrogens is 294 g/mol. The van der Waals surface area contributed by atoms with Crippen molar-refractivity contribution in [2.75, 3.05) is 26.1 Å². The Bertz CT molecular complexity index is 697. The maximum absolute atomic E-state index is 12.1. The van der Waals surface area contributed by atoms with Gasteiger partial charge in [0.2, 0.25) is 0 Å². The summed E-state index contributed by atoms with van der Waals surface area (Å²) in [5.41, 5.74) is 2.49. The molecule has 0 aliphatic carbocycles. The molecule has 0 bridgehead atoms. The number of anilines is 1. The Kier molecular flexibility index (Phi) is 5.46. The van der Waals surface area contributed by atoms with Crippen LogP contribution in [0.15, 0.2) is 36.4 Å². The quantitative estimate of drug-likeness (QED) is 0.888. The van der Waals surface area contributed by atoms with Gasteiger partial charge in [-0.2, -0.15) is 0 Å². The maximum atomic E-state index is 12.1. The van der Waals surface area contributed by atoms with Gasteiger partial charge in [-0.3, -0.25) is 4.79 Å². The van der Waals surface area contributed by atoms with Crippen molar-refractivity contribution in [1.29, 1.82) is 0 Å². The molecule has 1 N–H and O–H groups in total. The molecule has 2 rings (SSSR count). The highest BCUT2D eigenvalue weighted by Crippen LogP contribution is 2.34. The summed E-state index contributed by atoms with van der Waals surface area (Å²) in [7, 11) is 3.15. The van der Waals surface area contributed by atoms with Crippen LogP contribution in [0.5, 0.6) is 17.2 Å². The van der Waals surface area contributed by atoms with Crippen LogP contribution in [0.4, 0.5) is 5.69 Å². The molecule has 5 nitrogen and oxygen atoms in total. The van der Waals surface area contributed by atoms with Gasteiger partial charge in [0.15, 0.2) is 6.61 Å². The van der Waals surface area contributed by atoms with E-state index in [2.05, 4.69) is 5.32 Å². The lowest BCUT2D eigenvalue weighted by molar-refractivity contribution is -0.118. The number of rotatable bonds is 6. The summed E-state index contributed by atoms with van der Waals surface area (Å²) in [6.45, 7) is 3.77. The van der Waals surface area contributed by atoms with Crippen LogP contribution in [-0.2, 0) is 4.79 Å². The van der Waals surface area contributed by atoms with Crippen molar-refractivity contribution in [1.82, 2.24) is 0 Å². The third-order valence-corrected chi connectivity index (χ3v) is 3.41. The molecule has 0 saturated heterocycles. The molecule has 0 aliphatic heterocycles. The minimum absolute atomic E-state index is 0.0717. The highest BCUT2D eigenvalue weighted by Gasteiger charge is 2.13. The molecule has 0 aliphatic rings. The predicted octanol–water partition coefficient (Wildman–Crippen LogP) is 3.34. The van der Waals surface area contributed by atoms with Crippen molar-refractivity contribution in [3.63, 3.8) is 0 Å². The van der Waals surface area contributed by atoms with Crippen molar-refractivity contribution >= 4 is 11.6 Å². The maximum Gasteiger partial charge on any atom is 0.262 e. The fourth-order valence-electron chi connectivity index (χ4n) is 2.30. The molecule has 122 valence electrons. The summed E-state index contributed by atoms with van der Waals surface area (Å²) in [5, 5.41) is 2.79. The summed E-state index contributed by atoms with van der Waals surface area (Å²) in [6.07, 6.45) is 0. The van der Waals surface area contributed by atoms with E-state index in [1.54, 1.807) is 26.4 Å². The predicted molar refractivity (Wildman–Crippen MR) is 89.6 cm³/mol. The lowest BCUT2D eigenvalue weighted by atomic mass is 10.1. The monoisotopic (exact) mass is 315 g/mol. The van der Waals surface area contributed by atoms with Gasteiger partial charge in [0.05, 0.1) is 19.9 Å². The van der Waals surface area contributed by atoms with E-state index in [0.29, 0.717) is 22.9 Å². The standard InChI is InChI=1S/C18H21NO4/c1-12-6-5-7-14(10-12)23-11-17(20)19-15-8-9-16(21-3)13(2)18(15)22-4/h5-10H,11H2,1-4H3,(H,19,20). The van der Waals surface area contributed by atoms with Gasteiger partial charge in [-0.25, -0.2) is 0 Å². The lowest BCUT2D eigenvalue weighted by Gasteiger charge is -2.15. The summed E-state index contributed by atoms with van der Waals surface area (Å²) < 4.78 is 16.1. The molecule has 2 aromatic rings. The van der Waals surface area contributed by atoms with E-state index < -0.39 is 0 Å². The largest absolute Gasteiger partial charge is 0.496 e. The van der Waals surface area contributed by atoms with Crippen LogP contribution in [0.1, 0.15) is 11.1 Å². The first-order chi connectivity index (χ1) is 11.0. The van der Waals surface area contributed by atoms with Gasteiger partial charge in [-0.05, 0) is 43.7 Å². The van der Waals surface area contributed by atoms with E-state index in [4.69, 9.17) is 14.2 Å². The summed E-state index contributed by atoms with van der Waals surface area (Å²) in [5.74, 6) is 1.69. The zero-order valence-electron chi connectivity index (χ0n) is 13.8. The number of nitrogens with one attached hydrogen (secondary N) is 1. The molecule has 5 heteroatoms. The van der Waals surface area contributed by atoms with Crippen LogP contribution >= 0.6 is 0 Å². The number of carbonyl (C=O) groups is 1. The van der Waals surface area contributed by atoms with E-state index >= 15 is 0 Å². The number of benzene rings is 2. The molecule has 2 aromatic carbocycles. The summed E-state index contributed by atoms with van der Waals surface area (Å²) in [4.78, 5) is 12.1. The summed E-state index contributed by atoms with van der Waals surface area (Å²) >= 11 is 0. The van der Waals surface area contributed by atoms with Crippen LogP contribution < -0.4 is 19.5 Å². The second-order valence-corrected chi connectivity index (χ2v) is 5.13. The van der Waals surface area contributed by atoms with Gasteiger partial charge in [-0.1, -0.05) is 12.1 Å². The van der Waals surface area contributed by atoms with E-state index in [1.807, 2.05) is 38.1 Å². The van der Waals surface area contributed by atoms with Gasteiger partial charge < -0.3 is 19.5 Å². The van der Waals surface area contributed by atoms with Gasteiger partial charge in [-0.15, -0.1) is 0 Å². The Morgan fingerprint density at radius 1 is 1.09 bits per heavy atom. The fourth-order valence-corrected chi connectivity index (χ4v) is 2.30. The Labute approximate surface area is 136 Å². The number of hydrogen-bond acceptors (Lipinski definition) is 4. The van der Waals surface area contributed by atoms with Crippen molar-refractivity contribution < 1.29 is 19.0 Å². The molecule has 0 unspecified atom stereocenters. The molecule has 1 amide bonds. The minimum atomic E-state index is -0.255. The summed E-state index contributed by atoms with van der Waals surface area (Å²) in [6, 6.07) is 11.1. The van der Waals surface area contributed by atoms with Gasteiger partial charge in [0.1, 0.15) is 17.2 Å². The molecule has 0 fully saturated rings. The van der Waals surface area contributed by atoms with Gasteiger partial charge in [0.25, 0.3) is 5.91 Å². The zero-order valence-corrected chi connectivity index (χ0v) is 13.8. The minimum Gasteiger partial charge on any atom is -0.496 e. The number of carbonyl (C=O) groups excluding carboxylic acids is 1. The molecule has 0 aromatic heterocycles. The first-order valence-corrected chi connectivity index (χ1v) is 7.26. The van der Waals surface area contributed by atoms with E-state index in [9.17, 15) is 4.79 Å². The van der Waals surface area contributed by atoms with Crippen molar-refractivity contribution in [2.45, 2.75) is 13.8 Å². The Balaban J connectivity index is 2.04. The van der Waals surface area contributed by atoms with Crippen molar-refractivity contribution in [2.24, 2.45) is 0 Å². The molecular formula is C18H21NO4. The number of hydrogen-bond donors (Lipinski definition) is 1. The van der Waals surface area contributed by atoms with Crippen LogP contribution in [0.2, 0.25) is 0 Å². The van der Waals surface area contributed by atoms with E-state index in [-0.39, 0.29) is 12.5 Å². The number of aryl methyl sites for hydroxylation is 1. The van der Waals surface area contributed by atoms with Crippen LogP contribution in [0.3, 0.4) is 0 Å². The van der Waals surface area contributed by atoms with Gasteiger partial charge >= 0.3 is 0 Å². The smallest absolute Gasteiger partial charge is 0.262 e. The third-order valence-electron chi connectivity index (χ3n) is 3.41.